The van der Waals surface area contributed by atoms with Gasteiger partial charge < -0.3 is 0 Å². The van der Waals surface area contributed by atoms with E-state index in [1.165, 1.54) is 16.4 Å². The van der Waals surface area contributed by atoms with E-state index in [1.807, 2.05) is 37.3 Å². The second-order valence-corrected chi connectivity index (χ2v) is 9.25. The summed E-state index contributed by atoms with van der Waals surface area (Å²) in [6.07, 6.45) is -1.19. The summed E-state index contributed by atoms with van der Waals surface area (Å²) in [7, 11) is -2.11. The maximum absolute atomic E-state index is 13.6. The van der Waals surface area contributed by atoms with Crippen LogP contribution in [0.1, 0.15) is 29.0 Å². The van der Waals surface area contributed by atoms with Crippen molar-refractivity contribution >= 4 is 10.0 Å². The maximum atomic E-state index is 13.6. The average Bonchev–Trinajstić information content (AvgIpc) is 2.74. The van der Waals surface area contributed by atoms with E-state index >= 15 is 0 Å². The number of hydroxylamine groups is 2. The van der Waals surface area contributed by atoms with E-state index in [-0.39, 0.29) is 17.3 Å². The third-order valence-corrected chi connectivity index (χ3v) is 7.06. The third-order valence-electron chi connectivity index (χ3n) is 5.22. The molecule has 2 atom stereocenters. The Balaban J connectivity index is 1.77. The number of sulfonamides is 1. The molecule has 3 aromatic rings. The fraction of sp³-hybridized carbons (Fsp3) is 0.217. The lowest BCUT2D eigenvalue weighted by atomic mass is 10.1. The van der Waals surface area contributed by atoms with Crippen molar-refractivity contribution in [1.82, 2.24) is 9.37 Å². The van der Waals surface area contributed by atoms with Gasteiger partial charge in [0.15, 0.2) is 0 Å². The van der Waals surface area contributed by atoms with E-state index in [1.54, 1.807) is 48.5 Å². The van der Waals surface area contributed by atoms with E-state index < -0.39 is 22.3 Å². The summed E-state index contributed by atoms with van der Waals surface area (Å²) >= 11 is 0. The number of hydrogen-bond donors (Lipinski definition) is 0. The molecule has 1 aliphatic rings. The van der Waals surface area contributed by atoms with Gasteiger partial charge in [0, 0.05) is 13.6 Å². The van der Waals surface area contributed by atoms with Gasteiger partial charge in [-0.15, -0.1) is 0 Å². The summed E-state index contributed by atoms with van der Waals surface area (Å²) in [6, 6.07) is 22.1. The molecule has 1 fully saturated rings. The molecule has 0 radical (unpaired) electrons. The van der Waals surface area contributed by atoms with Crippen LogP contribution in [-0.2, 0) is 14.9 Å². The van der Waals surface area contributed by atoms with E-state index in [9.17, 15) is 12.8 Å². The molecule has 0 saturated carbocycles. The van der Waals surface area contributed by atoms with Crippen LogP contribution in [-0.4, -0.2) is 31.4 Å². The van der Waals surface area contributed by atoms with Crippen LogP contribution in [0.4, 0.5) is 4.39 Å². The zero-order chi connectivity index (χ0) is 21.3. The van der Waals surface area contributed by atoms with Crippen LogP contribution in [0.2, 0.25) is 0 Å². The standard InChI is InChI=1S/C23H23FN2O3S/c1-17-8-14-21(15-9-17)30(27,28)26-16-22(18-10-12-20(24)13-11-18)29-25(2)23(26)19-6-4-3-5-7-19/h3-15,22-23H,16H2,1-2H3/t22-,23+/m1/s1. The van der Waals surface area contributed by atoms with Crippen LogP contribution in [0.3, 0.4) is 0 Å². The van der Waals surface area contributed by atoms with Gasteiger partial charge in [0.25, 0.3) is 0 Å². The molecule has 0 unspecified atom stereocenters. The number of hydrogen-bond acceptors (Lipinski definition) is 4. The van der Waals surface area contributed by atoms with Crippen molar-refractivity contribution in [2.45, 2.75) is 24.1 Å². The molecule has 0 N–H and O–H groups in total. The Kier molecular flexibility index (Phi) is 5.71. The lowest BCUT2D eigenvalue weighted by Gasteiger charge is -2.44. The van der Waals surface area contributed by atoms with E-state index in [0.29, 0.717) is 5.56 Å². The molecule has 0 amide bonds. The smallest absolute Gasteiger partial charge is 0.244 e. The lowest BCUT2D eigenvalue weighted by molar-refractivity contribution is -0.265. The summed E-state index contributed by atoms with van der Waals surface area (Å²) in [5.74, 6) is -0.353. The molecule has 0 aromatic heterocycles. The second-order valence-electron chi connectivity index (χ2n) is 7.36. The van der Waals surface area contributed by atoms with Crippen molar-refractivity contribution in [2.24, 2.45) is 0 Å². The van der Waals surface area contributed by atoms with E-state index in [2.05, 4.69) is 0 Å². The number of aryl methyl sites for hydroxylation is 1. The normalized spacial score (nSPS) is 20.9. The van der Waals surface area contributed by atoms with Gasteiger partial charge in [-0.1, -0.05) is 60.2 Å². The number of rotatable bonds is 4. The first-order valence-corrected chi connectivity index (χ1v) is 11.1. The van der Waals surface area contributed by atoms with Crippen molar-refractivity contribution in [3.63, 3.8) is 0 Å². The van der Waals surface area contributed by atoms with Gasteiger partial charge in [-0.2, -0.15) is 9.37 Å². The molecule has 3 aromatic carbocycles. The van der Waals surface area contributed by atoms with Crippen molar-refractivity contribution in [2.75, 3.05) is 13.6 Å². The molecule has 1 saturated heterocycles. The van der Waals surface area contributed by atoms with Crippen LogP contribution < -0.4 is 0 Å². The first-order valence-electron chi connectivity index (χ1n) is 9.65. The molecule has 30 heavy (non-hydrogen) atoms. The fourth-order valence-electron chi connectivity index (χ4n) is 3.66. The minimum atomic E-state index is -3.82. The molecule has 1 aliphatic heterocycles. The topological polar surface area (TPSA) is 49.9 Å². The molecule has 0 aliphatic carbocycles. The van der Waals surface area contributed by atoms with Gasteiger partial charge in [0.1, 0.15) is 18.1 Å². The Morgan fingerprint density at radius 1 is 0.900 bits per heavy atom. The molecule has 0 bridgehead atoms. The van der Waals surface area contributed by atoms with Crippen LogP contribution >= 0.6 is 0 Å². The molecule has 1 heterocycles. The largest absolute Gasteiger partial charge is 0.288 e. The highest BCUT2D eigenvalue weighted by atomic mass is 32.2. The second kappa shape index (κ2) is 8.28. The van der Waals surface area contributed by atoms with Crippen molar-refractivity contribution in [3.8, 4) is 0 Å². The summed E-state index contributed by atoms with van der Waals surface area (Å²) in [4.78, 5) is 6.29. The highest BCUT2D eigenvalue weighted by Crippen LogP contribution is 2.38. The third kappa shape index (κ3) is 4.02. The Morgan fingerprint density at radius 2 is 1.53 bits per heavy atom. The Labute approximate surface area is 176 Å². The first-order chi connectivity index (χ1) is 14.4. The number of nitrogens with zero attached hydrogens (tertiary/aromatic N) is 2. The van der Waals surface area contributed by atoms with Gasteiger partial charge in [-0.3, -0.25) is 4.84 Å². The molecular formula is C23H23FN2O3S. The van der Waals surface area contributed by atoms with Gasteiger partial charge in [0.2, 0.25) is 10.0 Å². The summed E-state index contributed by atoms with van der Waals surface area (Å²) < 4.78 is 42.1. The monoisotopic (exact) mass is 426 g/mol. The Hall–Kier alpha value is -2.58. The SMILES string of the molecule is Cc1ccc(S(=O)(=O)N2C[C@H](c3ccc(F)cc3)ON(C)[C@@H]2c2ccccc2)cc1. The van der Waals surface area contributed by atoms with Gasteiger partial charge in [0.05, 0.1) is 4.90 Å². The highest BCUT2D eigenvalue weighted by molar-refractivity contribution is 7.89. The van der Waals surface area contributed by atoms with Crippen molar-refractivity contribution < 1.29 is 17.6 Å². The lowest BCUT2D eigenvalue weighted by Crippen LogP contribution is -2.50. The predicted molar refractivity (Wildman–Crippen MR) is 112 cm³/mol. The van der Waals surface area contributed by atoms with E-state index in [4.69, 9.17) is 4.84 Å². The van der Waals surface area contributed by atoms with Crippen LogP contribution in [0.15, 0.2) is 83.8 Å². The van der Waals surface area contributed by atoms with Crippen LogP contribution in [0.25, 0.3) is 0 Å². The van der Waals surface area contributed by atoms with Crippen molar-refractivity contribution in [3.05, 3.63) is 101 Å². The zero-order valence-electron chi connectivity index (χ0n) is 16.8. The average molecular weight is 427 g/mol. The molecule has 7 heteroatoms. The quantitative estimate of drug-likeness (QED) is 0.619. The van der Waals surface area contributed by atoms with Gasteiger partial charge in [-0.25, -0.2) is 12.8 Å². The van der Waals surface area contributed by atoms with E-state index in [0.717, 1.165) is 11.1 Å². The molecule has 5 nitrogen and oxygen atoms in total. The molecule has 0 spiro atoms. The Morgan fingerprint density at radius 3 is 2.17 bits per heavy atom. The highest BCUT2D eigenvalue weighted by Gasteiger charge is 2.42. The predicted octanol–water partition coefficient (Wildman–Crippen LogP) is 4.44. The number of halogens is 1. The van der Waals surface area contributed by atoms with Gasteiger partial charge >= 0.3 is 0 Å². The molecular weight excluding hydrogens is 403 g/mol. The zero-order valence-corrected chi connectivity index (χ0v) is 17.6. The summed E-state index contributed by atoms with van der Waals surface area (Å²) in [6.45, 7) is 2.02. The van der Waals surface area contributed by atoms with Crippen LogP contribution in [0, 0.1) is 12.7 Å². The van der Waals surface area contributed by atoms with Gasteiger partial charge in [-0.05, 0) is 42.3 Å². The molecule has 156 valence electrons. The molecule has 4 rings (SSSR count). The summed E-state index contributed by atoms with van der Waals surface area (Å²) in [5.41, 5.74) is 2.49. The summed E-state index contributed by atoms with van der Waals surface area (Å²) in [5, 5.41) is 1.55. The van der Waals surface area contributed by atoms with Crippen molar-refractivity contribution in [1.29, 1.82) is 0 Å². The minimum absolute atomic E-state index is 0.103. The Bertz CT molecular complexity index is 1100. The first kappa shape index (κ1) is 20.7. The number of benzene rings is 3. The fourth-order valence-corrected chi connectivity index (χ4v) is 5.26. The maximum Gasteiger partial charge on any atom is 0.244 e. The minimum Gasteiger partial charge on any atom is -0.288 e. The van der Waals surface area contributed by atoms with Crippen LogP contribution in [0.5, 0.6) is 0 Å².